The molecule has 146 valence electrons. The molecule has 0 amide bonds. The van der Waals surface area contributed by atoms with Gasteiger partial charge in [-0.15, -0.1) is 0 Å². The molecule has 2 nitrogen and oxygen atoms in total. The highest BCUT2D eigenvalue weighted by atomic mass is 19.3. The Morgan fingerprint density at radius 3 is 2.37 bits per heavy atom. The van der Waals surface area contributed by atoms with Gasteiger partial charge in [-0.1, -0.05) is 25.5 Å². The molecule has 0 saturated carbocycles. The number of benzene rings is 2. The van der Waals surface area contributed by atoms with Crippen molar-refractivity contribution in [3.05, 3.63) is 64.2 Å². The minimum atomic E-state index is -3.49. The van der Waals surface area contributed by atoms with E-state index < -0.39 is 30.3 Å². The van der Waals surface area contributed by atoms with Gasteiger partial charge in [-0.2, -0.15) is 8.78 Å². The maximum absolute atomic E-state index is 14.3. The smallest absolute Gasteiger partial charge is 0.398 e. The van der Waals surface area contributed by atoms with Crippen LogP contribution in [0.3, 0.4) is 0 Å². The van der Waals surface area contributed by atoms with Gasteiger partial charge in [0.25, 0.3) is 0 Å². The maximum atomic E-state index is 14.3. The summed E-state index contributed by atoms with van der Waals surface area (Å²) in [6.45, 7) is 3.96. The van der Waals surface area contributed by atoms with Crippen molar-refractivity contribution in [2.75, 3.05) is 6.61 Å². The molecular formula is C21H22F4O2. The second kappa shape index (κ2) is 7.89. The molecule has 1 atom stereocenters. The lowest BCUT2D eigenvalue weighted by atomic mass is 9.98. The average molecular weight is 382 g/mol. The fourth-order valence-electron chi connectivity index (χ4n) is 3.09. The lowest BCUT2D eigenvalue weighted by molar-refractivity contribution is -0.180. The zero-order valence-electron chi connectivity index (χ0n) is 15.3. The highest BCUT2D eigenvalue weighted by Gasteiger charge is 2.34. The van der Waals surface area contributed by atoms with Gasteiger partial charge in [0.15, 0.2) is 11.6 Å². The summed E-state index contributed by atoms with van der Waals surface area (Å²) < 4.78 is 66.5. The van der Waals surface area contributed by atoms with Crippen molar-refractivity contribution in [3.8, 4) is 5.75 Å². The fraction of sp³-hybridized carbons (Fsp3) is 0.429. The number of rotatable bonds is 8. The predicted octanol–water partition coefficient (Wildman–Crippen LogP) is 5.90. The minimum absolute atomic E-state index is 0.0458. The monoisotopic (exact) mass is 382 g/mol. The first kappa shape index (κ1) is 19.7. The molecule has 1 aliphatic heterocycles. The molecule has 1 aliphatic rings. The summed E-state index contributed by atoms with van der Waals surface area (Å²) in [5, 5.41) is 0. The number of epoxide rings is 1. The molecule has 0 aliphatic carbocycles. The number of alkyl halides is 2. The van der Waals surface area contributed by atoms with E-state index in [1.165, 1.54) is 18.2 Å². The molecule has 0 spiro atoms. The Kier molecular flexibility index (Phi) is 5.75. The van der Waals surface area contributed by atoms with Crippen LogP contribution in [0.5, 0.6) is 5.75 Å². The van der Waals surface area contributed by atoms with E-state index >= 15 is 0 Å². The first-order chi connectivity index (χ1) is 12.8. The van der Waals surface area contributed by atoms with Crippen LogP contribution in [0.2, 0.25) is 0 Å². The van der Waals surface area contributed by atoms with Crippen LogP contribution in [0.4, 0.5) is 17.6 Å². The summed E-state index contributed by atoms with van der Waals surface area (Å²) in [7, 11) is 0. The number of hydrogen-bond donors (Lipinski definition) is 0. The highest BCUT2D eigenvalue weighted by molar-refractivity contribution is 5.36. The van der Waals surface area contributed by atoms with Gasteiger partial charge in [0.05, 0.1) is 13.0 Å². The van der Waals surface area contributed by atoms with Crippen molar-refractivity contribution in [2.45, 2.75) is 51.7 Å². The van der Waals surface area contributed by atoms with Crippen molar-refractivity contribution < 1.29 is 27.0 Å². The maximum Gasteiger partial charge on any atom is 0.398 e. The van der Waals surface area contributed by atoms with E-state index in [9.17, 15) is 17.6 Å². The summed E-state index contributed by atoms with van der Waals surface area (Å²) >= 11 is 0. The summed E-state index contributed by atoms with van der Waals surface area (Å²) in [5.41, 5.74) is 1.56. The third kappa shape index (κ3) is 4.80. The van der Waals surface area contributed by atoms with Gasteiger partial charge in [0, 0.05) is 5.56 Å². The first-order valence-corrected chi connectivity index (χ1v) is 9.05. The Morgan fingerprint density at radius 2 is 1.78 bits per heavy atom. The molecule has 1 heterocycles. The Bertz CT molecular complexity index is 799. The topological polar surface area (TPSA) is 21.8 Å². The van der Waals surface area contributed by atoms with Gasteiger partial charge in [0.2, 0.25) is 0 Å². The predicted molar refractivity (Wildman–Crippen MR) is 94.1 cm³/mol. The second-order valence-corrected chi connectivity index (χ2v) is 6.84. The molecule has 0 N–H and O–H groups in total. The van der Waals surface area contributed by atoms with Gasteiger partial charge in [0.1, 0.15) is 11.9 Å². The van der Waals surface area contributed by atoms with Gasteiger partial charge >= 0.3 is 6.11 Å². The molecule has 27 heavy (non-hydrogen) atoms. The first-order valence-electron chi connectivity index (χ1n) is 9.05. The summed E-state index contributed by atoms with van der Waals surface area (Å²) in [4.78, 5) is 0. The van der Waals surface area contributed by atoms with Gasteiger partial charge in [-0.05, 0) is 54.7 Å². The van der Waals surface area contributed by atoms with Crippen molar-refractivity contribution in [1.82, 2.24) is 0 Å². The van der Waals surface area contributed by atoms with Crippen LogP contribution in [0.25, 0.3) is 0 Å². The van der Waals surface area contributed by atoms with E-state index in [0.717, 1.165) is 18.4 Å². The molecule has 3 rings (SSSR count). The van der Waals surface area contributed by atoms with Crippen molar-refractivity contribution in [1.29, 1.82) is 0 Å². The van der Waals surface area contributed by atoms with Gasteiger partial charge in [-0.3, -0.25) is 0 Å². The minimum Gasteiger partial charge on any atom is -0.433 e. The second-order valence-electron chi connectivity index (χ2n) is 6.84. The van der Waals surface area contributed by atoms with E-state index in [4.69, 9.17) is 9.47 Å². The molecule has 2 aromatic carbocycles. The van der Waals surface area contributed by atoms with Crippen LogP contribution in [-0.2, 0) is 17.6 Å². The number of ether oxygens (including phenoxy) is 2. The standard InChI is InChI=1S/C21H22F4O2/c1-3-4-14-5-7-15(8-6-14)27-21(24,25)10-9-16-13(2)11-17(18-12-26-18)20(23)19(16)22/h5-8,11,18H,3-4,9-10,12H2,1-2H3. The molecule has 1 unspecified atom stereocenters. The Balaban J connectivity index is 1.67. The third-order valence-corrected chi connectivity index (χ3v) is 4.63. The quantitative estimate of drug-likeness (QED) is 0.419. The zero-order valence-corrected chi connectivity index (χ0v) is 15.3. The summed E-state index contributed by atoms with van der Waals surface area (Å²) in [6.07, 6.45) is -3.18. The van der Waals surface area contributed by atoms with E-state index in [1.54, 1.807) is 19.1 Å². The molecular weight excluding hydrogens is 360 g/mol. The zero-order chi connectivity index (χ0) is 19.6. The molecule has 0 aromatic heterocycles. The van der Waals surface area contributed by atoms with E-state index in [2.05, 4.69) is 0 Å². The van der Waals surface area contributed by atoms with Crippen molar-refractivity contribution >= 4 is 0 Å². The largest absolute Gasteiger partial charge is 0.433 e. The van der Waals surface area contributed by atoms with Gasteiger partial charge in [-0.25, -0.2) is 8.78 Å². The lowest BCUT2D eigenvalue weighted by Crippen LogP contribution is -2.25. The molecule has 6 heteroatoms. The fourth-order valence-corrected chi connectivity index (χ4v) is 3.09. The Morgan fingerprint density at radius 1 is 1.11 bits per heavy atom. The lowest BCUT2D eigenvalue weighted by Gasteiger charge is -2.19. The SMILES string of the molecule is CCCc1ccc(OC(F)(F)CCc2c(C)cc(C3CO3)c(F)c2F)cc1. The normalized spacial score (nSPS) is 16.4. The van der Waals surface area contributed by atoms with Crippen LogP contribution < -0.4 is 4.74 Å². The average Bonchev–Trinajstić information content (AvgIpc) is 3.44. The Labute approximate surface area is 156 Å². The number of halogens is 4. The number of aryl methyl sites for hydroxylation is 2. The molecule has 1 saturated heterocycles. The van der Waals surface area contributed by atoms with E-state index in [1.807, 2.05) is 6.92 Å². The van der Waals surface area contributed by atoms with Crippen LogP contribution in [0, 0.1) is 18.6 Å². The molecule has 0 bridgehead atoms. The van der Waals surface area contributed by atoms with Crippen LogP contribution in [0.15, 0.2) is 30.3 Å². The van der Waals surface area contributed by atoms with Crippen molar-refractivity contribution in [3.63, 3.8) is 0 Å². The summed E-state index contributed by atoms with van der Waals surface area (Å²) in [6, 6.07) is 7.94. The van der Waals surface area contributed by atoms with E-state index in [0.29, 0.717) is 12.2 Å². The summed E-state index contributed by atoms with van der Waals surface area (Å²) in [5.74, 6) is -2.06. The highest BCUT2D eigenvalue weighted by Crippen LogP contribution is 2.36. The van der Waals surface area contributed by atoms with Crippen molar-refractivity contribution in [2.24, 2.45) is 0 Å². The Hall–Kier alpha value is -2.08. The van der Waals surface area contributed by atoms with Crippen LogP contribution >= 0.6 is 0 Å². The van der Waals surface area contributed by atoms with E-state index in [-0.39, 0.29) is 23.3 Å². The van der Waals surface area contributed by atoms with Gasteiger partial charge < -0.3 is 9.47 Å². The molecule has 1 fully saturated rings. The third-order valence-electron chi connectivity index (χ3n) is 4.63. The number of hydrogen-bond acceptors (Lipinski definition) is 2. The van der Waals surface area contributed by atoms with Crippen LogP contribution in [0.1, 0.15) is 48.1 Å². The molecule has 2 aromatic rings. The molecule has 0 radical (unpaired) electrons. The van der Waals surface area contributed by atoms with Crippen LogP contribution in [-0.4, -0.2) is 12.7 Å².